The van der Waals surface area contributed by atoms with Crippen molar-refractivity contribution in [2.75, 3.05) is 12.4 Å². The molecule has 0 aliphatic carbocycles. The minimum atomic E-state index is -1.38. The van der Waals surface area contributed by atoms with Gasteiger partial charge in [0.15, 0.2) is 0 Å². The number of benzene rings is 2. The van der Waals surface area contributed by atoms with Crippen molar-refractivity contribution in [2.24, 2.45) is 0 Å². The van der Waals surface area contributed by atoms with Gasteiger partial charge >= 0.3 is 65.1 Å². The Balaban J connectivity index is 0.00000228. The van der Waals surface area contributed by atoms with Crippen LogP contribution in [0, 0.1) is 0 Å². The Morgan fingerprint density at radius 1 is 1.08 bits per heavy atom. The number of hydrogen-bond donors (Lipinski definition) is 2. The average Bonchev–Trinajstić information content (AvgIpc) is 3.30. The van der Waals surface area contributed by atoms with Crippen molar-refractivity contribution >= 4 is 17.7 Å². The van der Waals surface area contributed by atoms with E-state index in [-0.39, 0.29) is 64.8 Å². The SMILES string of the molecule is COc1cc(-c2ccccc2)cc([C@H](CC(=O)[O-])NC(=O)Nc2c([O-])cc3n(c2=O)CCC3)c1.[Na+].[Na+]. The summed E-state index contributed by atoms with van der Waals surface area (Å²) >= 11 is 0. The molecule has 176 valence electrons. The van der Waals surface area contributed by atoms with Crippen molar-refractivity contribution in [2.45, 2.75) is 31.8 Å². The zero-order valence-electron chi connectivity index (χ0n) is 20.5. The van der Waals surface area contributed by atoms with Crippen LogP contribution < -0.4 is 90.3 Å². The minimum Gasteiger partial charge on any atom is -0.871 e. The van der Waals surface area contributed by atoms with Crippen molar-refractivity contribution in [3.05, 3.63) is 76.2 Å². The van der Waals surface area contributed by atoms with Crippen LogP contribution in [0.4, 0.5) is 10.5 Å². The Bertz CT molecular complexity index is 1300. The molecular weight excluding hydrogens is 484 g/mol. The number of aromatic nitrogens is 1. The number of carboxylic acids is 1. The van der Waals surface area contributed by atoms with Gasteiger partial charge in [-0.3, -0.25) is 4.79 Å². The number of carboxylic acid groups (broad SMARTS) is 1. The third-order valence-electron chi connectivity index (χ3n) is 5.75. The first-order valence-corrected chi connectivity index (χ1v) is 10.8. The monoisotopic (exact) mass is 507 g/mol. The zero-order valence-corrected chi connectivity index (χ0v) is 24.5. The summed E-state index contributed by atoms with van der Waals surface area (Å²) in [5.74, 6) is -1.49. The van der Waals surface area contributed by atoms with Gasteiger partial charge in [-0.25, -0.2) is 4.79 Å². The fourth-order valence-electron chi connectivity index (χ4n) is 4.12. The number of nitrogens with zero attached hydrogens (tertiary/aromatic N) is 1. The van der Waals surface area contributed by atoms with Crippen LogP contribution >= 0.6 is 0 Å². The van der Waals surface area contributed by atoms with E-state index in [1.54, 1.807) is 18.2 Å². The molecule has 1 aliphatic rings. The molecule has 0 saturated heterocycles. The van der Waals surface area contributed by atoms with Gasteiger partial charge in [0.1, 0.15) is 11.4 Å². The standard InChI is InChI=1S/C25H25N3O6.2Na/c1-34-19-11-16(15-6-3-2-4-7-15)10-17(12-19)20(14-22(30)31)26-25(33)27-23-21(29)13-18-8-5-9-28(18)24(23)32;;/h2-4,6-7,10-13,20,29H,5,8-9,14H2,1H3,(H,30,31)(H2,26,27,33);;/q;2*+1/p-2/t20-;;/m0../s1. The fourth-order valence-corrected chi connectivity index (χ4v) is 4.12. The van der Waals surface area contributed by atoms with Crippen molar-refractivity contribution in [3.8, 4) is 22.6 Å². The van der Waals surface area contributed by atoms with Crippen LogP contribution in [0.25, 0.3) is 11.1 Å². The second-order valence-corrected chi connectivity index (χ2v) is 8.02. The molecule has 0 fully saturated rings. The third-order valence-corrected chi connectivity index (χ3v) is 5.75. The number of anilines is 1. The molecule has 36 heavy (non-hydrogen) atoms. The largest absolute Gasteiger partial charge is 1.00 e. The molecule has 2 amide bonds. The fraction of sp³-hybridized carbons (Fsp3) is 0.240. The number of hydrogen-bond acceptors (Lipinski definition) is 6. The molecule has 2 aromatic carbocycles. The molecule has 11 heteroatoms. The Hall–Kier alpha value is -2.27. The number of ether oxygens (including phenoxy) is 1. The van der Waals surface area contributed by atoms with Gasteiger partial charge in [0.25, 0.3) is 5.56 Å². The molecule has 3 aromatic rings. The molecule has 0 spiro atoms. The molecule has 0 unspecified atom stereocenters. The van der Waals surface area contributed by atoms with E-state index >= 15 is 0 Å². The summed E-state index contributed by atoms with van der Waals surface area (Å²) in [6.45, 7) is 0.476. The summed E-state index contributed by atoms with van der Waals surface area (Å²) < 4.78 is 6.83. The number of aliphatic carboxylic acids is 1. The van der Waals surface area contributed by atoms with Gasteiger partial charge < -0.3 is 34.9 Å². The van der Waals surface area contributed by atoms with E-state index in [2.05, 4.69) is 10.6 Å². The Morgan fingerprint density at radius 3 is 2.47 bits per heavy atom. The van der Waals surface area contributed by atoms with Crippen molar-refractivity contribution in [1.29, 1.82) is 0 Å². The van der Waals surface area contributed by atoms with Gasteiger partial charge in [0, 0.05) is 24.6 Å². The van der Waals surface area contributed by atoms with Crippen molar-refractivity contribution in [1.82, 2.24) is 9.88 Å². The van der Waals surface area contributed by atoms with Crippen LogP contribution in [0.2, 0.25) is 0 Å². The number of methoxy groups -OCH3 is 1. The summed E-state index contributed by atoms with van der Waals surface area (Å²) in [6, 6.07) is 14.0. The maximum atomic E-state index is 12.7. The van der Waals surface area contributed by atoms with E-state index in [0.717, 1.165) is 17.5 Å². The number of rotatable bonds is 7. The van der Waals surface area contributed by atoms with E-state index in [4.69, 9.17) is 4.74 Å². The maximum Gasteiger partial charge on any atom is 1.00 e. The van der Waals surface area contributed by atoms with E-state index in [0.29, 0.717) is 30.0 Å². The van der Waals surface area contributed by atoms with Crippen LogP contribution in [0.15, 0.2) is 59.4 Å². The molecule has 4 rings (SSSR count). The zero-order chi connectivity index (χ0) is 24.2. The van der Waals surface area contributed by atoms with Crippen LogP contribution in [-0.2, 0) is 17.8 Å². The predicted molar refractivity (Wildman–Crippen MR) is 121 cm³/mol. The predicted octanol–water partition coefficient (Wildman–Crippen LogP) is -4.45. The van der Waals surface area contributed by atoms with Gasteiger partial charge in [-0.1, -0.05) is 36.1 Å². The number of aryl methyl sites for hydroxylation is 1. The Kier molecular flexibility index (Phi) is 11.1. The Labute approximate surface area is 252 Å². The average molecular weight is 507 g/mol. The van der Waals surface area contributed by atoms with Crippen LogP contribution in [0.1, 0.15) is 30.1 Å². The summed E-state index contributed by atoms with van der Waals surface area (Å²) in [6.07, 6.45) is 0.851. The molecule has 0 saturated carbocycles. The van der Waals surface area contributed by atoms with Gasteiger partial charge in [0.2, 0.25) is 0 Å². The summed E-state index contributed by atoms with van der Waals surface area (Å²) in [5.41, 5.74) is 1.80. The van der Waals surface area contributed by atoms with Gasteiger partial charge in [-0.2, -0.15) is 0 Å². The van der Waals surface area contributed by atoms with Gasteiger partial charge in [-0.15, -0.1) is 0 Å². The van der Waals surface area contributed by atoms with Crippen molar-refractivity contribution in [3.63, 3.8) is 0 Å². The van der Waals surface area contributed by atoms with E-state index < -0.39 is 35.8 Å². The quantitative estimate of drug-likeness (QED) is 0.310. The number of pyridine rings is 1. The van der Waals surface area contributed by atoms with E-state index in [1.807, 2.05) is 30.3 Å². The smallest absolute Gasteiger partial charge is 0.871 e. The number of fused-ring (bicyclic) bond motifs is 1. The first kappa shape index (κ1) is 30.0. The normalized spacial score (nSPS) is 12.4. The van der Waals surface area contributed by atoms with E-state index in [1.165, 1.54) is 17.7 Å². The molecular formula is C25H23N3Na2O6. The number of urea groups is 1. The van der Waals surface area contributed by atoms with Crippen LogP contribution in [-0.4, -0.2) is 23.7 Å². The molecule has 2 N–H and O–H groups in total. The Morgan fingerprint density at radius 2 is 1.81 bits per heavy atom. The molecule has 0 bridgehead atoms. The summed E-state index contributed by atoms with van der Waals surface area (Å²) in [7, 11) is 1.48. The molecule has 9 nitrogen and oxygen atoms in total. The first-order valence-electron chi connectivity index (χ1n) is 10.8. The molecule has 1 aliphatic heterocycles. The second-order valence-electron chi connectivity index (χ2n) is 8.02. The minimum absolute atomic E-state index is 0. The summed E-state index contributed by atoms with van der Waals surface area (Å²) in [5, 5.41) is 28.7. The maximum absolute atomic E-state index is 12.7. The summed E-state index contributed by atoms with van der Waals surface area (Å²) in [4.78, 5) is 36.8. The molecule has 1 atom stereocenters. The van der Waals surface area contributed by atoms with Crippen LogP contribution in [0.3, 0.4) is 0 Å². The number of amides is 2. The first-order chi connectivity index (χ1) is 16.4. The molecule has 1 aromatic heterocycles. The topological polar surface area (TPSA) is 136 Å². The van der Waals surface area contributed by atoms with Crippen LogP contribution in [0.5, 0.6) is 11.5 Å². The van der Waals surface area contributed by atoms with Crippen molar-refractivity contribution < 1.29 is 83.7 Å². The molecule has 2 heterocycles. The van der Waals surface area contributed by atoms with E-state index in [9.17, 15) is 24.6 Å². The number of carbonyl (C=O) groups excluding carboxylic acids is 2. The van der Waals surface area contributed by atoms with Gasteiger partial charge in [-0.05, 0) is 53.8 Å². The third kappa shape index (κ3) is 6.94. The second kappa shape index (κ2) is 13.3. The van der Waals surface area contributed by atoms with Gasteiger partial charge in [0.05, 0.1) is 13.2 Å². The number of carbonyl (C=O) groups is 2. The number of nitrogens with one attached hydrogen (secondary N) is 2. The molecule has 0 radical (unpaired) electrons.